The van der Waals surface area contributed by atoms with E-state index in [4.69, 9.17) is 14.2 Å². The minimum absolute atomic E-state index is 0.148. The molecule has 0 aromatic heterocycles. The van der Waals surface area contributed by atoms with Gasteiger partial charge < -0.3 is 29.5 Å². The summed E-state index contributed by atoms with van der Waals surface area (Å²) in [5.41, 5.74) is 0. The van der Waals surface area contributed by atoms with Crippen molar-refractivity contribution in [2.45, 2.75) is 257 Å². The molecule has 0 aliphatic carbocycles. The molecule has 0 aromatic rings. The third-order valence-corrected chi connectivity index (χ3v) is 11.5. The summed E-state index contributed by atoms with van der Waals surface area (Å²) in [7, 11) is 0. The lowest BCUT2D eigenvalue weighted by Crippen LogP contribution is -2.30. The summed E-state index contributed by atoms with van der Waals surface area (Å²) >= 11 is 0. The zero-order valence-electron chi connectivity index (χ0n) is 42.3. The van der Waals surface area contributed by atoms with Gasteiger partial charge in [-0.3, -0.25) is 14.4 Å². The molecule has 0 fully saturated rings. The van der Waals surface area contributed by atoms with Crippen molar-refractivity contribution in [3.8, 4) is 0 Å². The van der Waals surface area contributed by atoms with E-state index in [0.29, 0.717) is 12.8 Å². The number of allylic oxidation sites excluding steroid dienone is 9. The predicted molar refractivity (Wildman–Crippen MR) is 274 cm³/mol. The first-order valence-electron chi connectivity index (χ1n) is 26.8. The number of carbonyl (C=O) groups excluding carboxylic acids is 3. The van der Waals surface area contributed by atoms with E-state index >= 15 is 0 Å². The Hall–Kier alpha value is -3.27. The Morgan fingerprint density at radius 2 is 0.682 bits per heavy atom. The van der Waals surface area contributed by atoms with Crippen LogP contribution in [0.25, 0.3) is 0 Å². The van der Waals surface area contributed by atoms with E-state index in [1.54, 1.807) is 0 Å². The molecule has 66 heavy (non-hydrogen) atoms. The van der Waals surface area contributed by atoms with Gasteiger partial charge in [-0.25, -0.2) is 0 Å². The highest BCUT2D eigenvalue weighted by Gasteiger charge is 2.19. The number of hydrogen-bond acceptors (Lipinski definition) is 9. The van der Waals surface area contributed by atoms with Gasteiger partial charge in [0.2, 0.25) is 0 Å². The highest BCUT2D eigenvalue weighted by Crippen LogP contribution is 2.14. The first-order valence-corrected chi connectivity index (χ1v) is 26.8. The summed E-state index contributed by atoms with van der Waals surface area (Å²) in [6, 6.07) is 0. The van der Waals surface area contributed by atoms with Gasteiger partial charge in [-0.2, -0.15) is 0 Å². The van der Waals surface area contributed by atoms with Gasteiger partial charge in [0, 0.05) is 19.3 Å². The number of unbranched alkanes of at least 4 members (excludes halogenated alkanes) is 21. The number of aliphatic hydroxyl groups excluding tert-OH is 3. The number of aliphatic hydroxyl groups is 3. The first-order chi connectivity index (χ1) is 32.2. The van der Waals surface area contributed by atoms with E-state index in [2.05, 4.69) is 39.0 Å². The molecule has 0 saturated carbocycles. The SMILES string of the molecule is CCCCCC=CC=CC(O)CCCCCCCC(=O)OCC(COC(=O)CCCCCCCC=CC=CC(O)CCCCC)OC(=O)CCCCCCCC=CC=CC(O)CCCCC. The molecule has 4 atom stereocenters. The number of ether oxygens (including phenoxy) is 3. The Morgan fingerprint density at radius 3 is 1.08 bits per heavy atom. The molecule has 4 unspecified atom stereocenters. The molecule has 0 rings (SSSR count). The molecule has 0 spiro atoms. The molecular weight excluding hydrogens is 829 g/mol. The number of esters is 3. The molecule has 0 saturated heterocycles. The largest absolute Gasteiger partial charge is 0.462 e. The second kappa shape index (κ2) is 49.6. The third-order valence-electron chi connectivity index (χ3n) is 11.5. The average molecular weight is 927 g/mol. The predicted octanol–water partition coefficient (Wildman–Crippen LogP) is 14.3. The minimum atomic E-state index is -0.854. The molecule has 380 valence electrons. The van der Waals surface area contributed by atoms with Crippen molar-refractivity contribution >= 4 is 17.9 Å². The van der Waals surface area contributed by atoms with Crippen LogP contribution in [0.4, 0.5) is 0 Å². The summed E-state index contributed by atoms with van der Waals surface area (Å²) in [5, 5.41) is 30.2. The van der Waals surface area contributed by atoms with E-state index in [1.807, 2.05) is 54.7 Å². The molecule has 0 aliphatic rings. The fourth-order valence-corrected chi connectivity index (χ4v) is 7.26. The van der Waals surface area contributed by atoms with Gasteiger partial charge in [0.25, 0.3) is 0 Å². The summed E-state index contributed by atoms with van der Waals surface area (Å²) in [6.45, 7) is 6.22. The van der Waals surface area contributed by atoms with Gasteiger partial charge >= 0.3 is 17.9 Å². The van der Waals surface area contributed by atoms with Gasteiger partial charge in [0.05, 0.1) is 18.3 Å². The summed E-state index contributed by atoms with van der Waals surface area (Å²) in [6.07, 6.45) is 52.3. The Morgan fingerprint density at radius 1 is 0.379 bits per heavy atom. The van der Waals surface area contributed by atoms with Crippen LogP contribution in [0.3, 0.4) is 0 Å². The summed E-state index contributed by atoms with van der Waals surface area (Å²) in [4.78, 5) is 38.0. The van der Waals surface area contributed by atoms with Crippen LogP contribution in [-0.2, 0) is 28.6 Å². The quantitative estimate of drug-likeness (QED) is 0.0235. The van der Waals surface area contributed by atoms with Crippen LogP contribution in [0.15, 0.2) is 72.9 Å². The van der Waals surface area contributed by atoms with Crippen molar-refractivity contribution in [3.63, 3.8) is 0 Å². The van der Waals surface area contributed by atoms with Gasteiger partial charge in [0.1, 0.15) is 13.2 Å². The topological polar surface area (TPSA) is 140 Å². The van der Waals surface area contributed by atoms with Gasteiger partial charge in [-0.1, -0.05) is 209 Å². The van der Waals surface area contributed by atoms with Crippen LogP contribution < -0.4 is 0 Å². The zero-order valence-corrected chi connectivity index (χ0v) is 42.3. The van der Waals surface area contributed by atoms with Crippen LogP contribution in [0.1, 0.15) is 233 Å². The van der Waals surface area contributed by atoms with Crippen LogP contribution >= 0.6 is 0 Å². The molecule has 0 aromatic carbocycles. The average Bonchev–Trinajstić information content (AvgIpc) is 3.30. The Bertz CT molecular complexity index is 1300. The van der Waals surface area contributed by atoms with Crippen LogP contribution in [-0.4, -0.2) is 70.9 Å². The normalized spacial score (nSPS) is 14.1. The van der Waals surface area contributed by atoms with Crippen molar-refractivity contribution in [2.24, 2.45) is 0 Å². The van der Waals surface area contributed by atoms with Crippen LogP contribution in [0.2, 0.25) is 0 Å². The van der Waals surface area contributed by atoms with Gasteiger partial charge in [-0.05, 0) is 77.0 Å². The Labute approximate surface area is 403 Å². The Balaban J connectivity index is 4.59. The highest BCUT2D eigenvalue weighted by atomic mass is 16.6. The zero-order chi connectivity index (χ0) is 48.4. The lowest BCUT2D eigenvalue weighted by molar-refractivity contribution is -0.167. The maximum atomic E-state index is 12.8. The molecule has 0 bridgehead atoms. The van der Waals surface area contributed by atoms with Crippen molar-refractivity contribution in [2.75, 3.05) is 13.2 Å². The van der Waals surface area contributed by atoms with E-state index in [1.165, 1.54) is 19.3 Å². The van der Waals surface area contributed by atoms with E-state index in [-0.39, 0.29) is 62.6 Å². The minimum Gasteiger partial charge on any atom is -0.462 e. The monoisotopic (exact) mass is 927 g/mol. The molecule has 0 radical (unpaired) electrons. The second-order valence-corrected chi connectivity index (χ2v) is 18.0. The smallest absolute Gasteiger partial charge is 0.306 e. The standard InChI is InChI=1S/C57H98O9/c1-4-7-10-11-18-24-33-44-53(60)45-36-27-23-30-38-47-56(62)65-50-54(66-57(63)48-39-29-22-17-13-15-20-26-35-43-52(59)41-32-9-6-3)49-64-55(61)46-37-28-21-16-12-14-19-25-34-42-51(58)40-31-8-5-2/h18-20,24-26,33-35,42-44,51-54,58-60H,4-17,21-23,27-32,36-41,45-50H2,1-3H3. The fraction of sp³-hybridized carbons (Fsp3) is 0.737. The molecule has 0 heterocycles. The highest BCUT2D eigenvalue weighted by molar-refractivity contribution is 5.71. The number of hydrogen-bond donors (Lipinski definition) is 3. The molecular formula is C57H98O9. The maximum Gasteiger partial charge on any atom is 0.306 e. The molecule has 0 amide bonds. The van der Waals surface area contributed by atoms with Gasteiger partial charge in [0.15, 0.2) is 6.10 Å². The molecule has 9 nitrogen and oxygen atoms in total. The number of rotatable bonds is 47. The number of carbonyl (C=O) groups is 3. The van der Waals surface area contributed by atoms with Crippen LogP contribution in [0.5, 0.6) is 0 Å². The molecule has 9 heteroatoms. The lowest BCUT2D eigenvalue weighted by Gasteiger charge is -2.18. The lowest BCUT2D eigenvalue weighted by atomic mass is 10.1. The third kappa shape index (κ3) is 47.2. The van der Waals surface area contributed by atoms with E-state index in [0.717, 1.165) is 161 Å². The van der Waals surface area contributed by atoms with Crippen molar-refractivity contribution in [1.82, 2.24) is 0 Å². The fourth-order valence-electron chi connectivity index (χ4n) is 7.26. The second-order valence-electron chi connectivity index (χ2n) is 18.0. The maximum absolute atomic E-state index is 12.8. The molecule has 3 N–H and O–H groups in total. The molecule has 0 aliphatic heterocycles. The van der Waals surface area contributed by atoms with Gasteiger partial charge in [-0.15, -0.1) is 0 Å². The van der Waals surface area contributed by atoms with E-state index < -0.39 is 12.2 Å². The summed E-state index contributed by atoms with van der Waals surface area (Å²) in [5.74, 6) is -1.10. The Kier molecular flexibility index (Phi) is 47.2. The summed E-state index contributed by atoms with van der Waals surface area (Å²) < 4.78 is 16.7. The van der Waals surface area contributed by atoms with Crippen molar-refractivity contribution in [1.29, 1.82) is 0 Å². The van der Waals surface area contributed by atoms with Crippen molar-refractivity contribution in [3.05, 3.63) is 72.9 Å². The van der Waals surface area contributed by atoms with Crippen LogP contribution in [0, 0.1) is 0 Å². The first kappa shape index (κ1) is 62.7. The van der Waals surface area contributed by atoms with E-state index in [9.17, 15) is 29.7 Å². The van der Waals surface area contributed by atoms with Crippen molar-refractivity contribution < 1.29 is 43.9 Å².